The fraction of sp³-hybridized carbons (Fsp3) is 0.0476. The van der Waals surface area contributed by atoms with Gasteiger partial charge in [-0.3, -0.25) is 9.69 Å². The summed E-state index contributed by atoms with van der Waals surface area (Å²) in [6, 6.07) is 18.0. The van der Waals surface area contributed by atoms with Crippen molar-refractivity contribution in [3.63, 3.8) is 0 Å². The van der Waals surface area contributed by atoms with Gasteiger partial charge < -0.3 is 9.15 Å². The molecule has 0 aliphatic carbocycles. The van der Waals surface area contributed by atoms with Crippen LogP contribution < -0.4 is 9.64 Å². The van der Waals surface area contributed by atoms with Gasteiger partial charge in [-0.25, -0.2) is 4.99 Å². The molecule has 2 heterocycles. The van der Waals surface area contributed by atoms with E-state index in [1.807, 2.05) is 18.2 Å². The first-order chi connectivity index (χ1) is 13.2. The molecule has 0 saturated heterocycles. The highest BCUT2D eigenvalue weighted by Crippen LogP contribution is 2.31. The standard InChI is InChI=1S/C21H15ClN2O3/c1-26-15-10-8-14(9-11-15)24-20(17-6-2-3-7-18(17)22)23-19(21(24)25)13-16-5-4-12-27-16/h2-13H,1H3/b19-13+. The average Bonchev–Trinajstić information content (AvgIpc) is 3.31. The highest BCUT2D eigenvalue weighted by atomic mass is 35.5. The molecule has 134 valence electrons. The number of hydrogen-bond acceptors (Lipinski definition) is 4. The summed E-state index contributed by atoms with van der Waals surface area (Å²) in [6.07, 6.45) is 3.16. The number of amidine groups is 1. The molecule has 1 amide bonds. The zero-order valence-electron chi connectivity index (χ0n) is 14.4. The van der Waals surface area contributed by atoms with E-state index in [4.69, 9.17) is 20.8 Å². The van der Waals surface area contributed by atoms with Crippen LogP contribution in [0.15, 0.2) is 82.0 Å². The van der Waals surface area contributed by atoms with Gasteiger partial charge in [0.1, 0.15) is 23.0 Å². The average molecular weight is 379 g/mol. The Bertz CT molecular complexity index is 1040. The molecule has 3 aromatic rings. The van der Waals surface area contributed by atoms with Gasteiger partial charge in [-0.05, 0) is 48.5 Å². The van der Waals surface area contributed by atoms with E-state index in [0.717, 1.165) is 0 Å². The van der Waals surface area contributed by atoms with E-state index in [9.17, 15) is 4.79 Å². The van der Waals surface area contributed by atoms with Crippen molar-refractivity contribution in [2.75, 3.05) is 12.0 Å². The van der Waals surface area contributed by atoms with Crippen LogP contribution in [0, 0.1) is 0 Å². The van der Waals surface area contributed by atoms with Gasteiger partial charge in [0.25, 0.3) is 5.91 Å². The highest BCUT2D eigenvalue weighted by molar-refractivity contribution is 6.39. The molecular weight excluding hydrogens is 364 g/mol. The van der Waals surface area contributed by atoms with E-state index in [0.29, 0.717) is 33.6 Å². The second kappa shape index (κ2) is 7.13. The minimum absolute atomic E-state index is 0.258. The van der Waals surface area contributed by atoms with Crippen LogP contribution >= 0.6 is 11.6 Å². The third-order valence-corrected chi connectivity index (χ3v) is 4.46. The van der Waals surface area contributed by atoms with Crippen molar-refractivity contribution in [3.05, 3.63) is 89.0 Å². The molecule has 0 N–H and O–H groups in total. The molecule has 4 rings (SSSR count). The number of nitrogens with zero attached hydrogens (tertiary/aromatic N) is 2. The summed E-state index contributed by atoms with van der Waals surface area (Å²) in [5, 5.41) is 0.516. The summed E-state index contributed by atoms with van der Waals surface area (Å²) in [5.41, 5.74) is 1.61. The number of carbonyl (C=O) groups excluding carboxylic acids is 1. The lowest BCUT2D eigenvalue weighted by Gasteiger charge is -2.19. The van der Waals surface area contributed by atoms with Crippen molar-refractivity contribution in [3.8, 4) is 5.75 Å². The lowest BCUT2D eigenvalue weighted by molar-refractivity contribution is -0.113. The van der Waals surface area contributed by atoms with Gasteiger partial charge in [0.15, 0.2) is 0 Å². The quantitative estimate of drug-likeness (QED) is 0.614. The predicted molar refractivity (Wildman–Crippen MR) is 105 cm³/mol. The molecule has 2 aromatic carbocycles. The number of anilines is 1. The van der Waals surface area contributed by atoms with E-state index in [1.54, 1.807) is 61.9 Å². The van der Waals surface area contributed by atoms with Crippen molar-refractivity contribution in [1.29, 1.82) is 0 Å². The van der Waals surface area contributed by atoms with E-state index in [-0.39, 0.29) is 11.6 Å². The second-order valence-electron chi connectivity index (χ2n) is 5.80. The number of furan rings is 1. The lowest BCUT2D eigenvalue weighted by Crippen LogP contribution is -2.32. The van der Waals surface area contributed by atoms with Gasteiger partial charge >= 0.3 is 0 Å². The summed E-state index contributed by atoms with van der Waals surface area (Å²) in [7, 11) is 1.59. The topological polar surface area (TPSA) is 55.0 Å². The smallest absolute Gasteiger partial charge is 0.282 e. The van der Waals surface area contributed by atoms with Crippen LogP contribution in [0.3, 0.4) is 0 Å². The minimum Gasteiger partial charge on any atom is -0.497 e. The molecule has 27 heavy (non-hydrogen) atoms. The molecule has 1 aliphatic rings. The number of carbonyl (C=O) groups is 1. The van der Waals surface area contributed by atoms with E-state index >= 15 is 0 Å². The first-order valence-electron chi connectivity index (χ1n) is 8.24. The number of benzene rings is 2. The fourth-order valence-electron chi connectivity index (χ4n) is 2.82. The lowest BCUT2D eigenvalue weighted by atomic mass is 10.1. The van der Waals surface area contributed by atoms with Gasteiger partial charge in [-0.2, -0.15) is 0 Å². The van der Waals surface area contributed by atoms with Crippen molar-refractivity contribution in [1.82, 2.24) is 0 Å². The third-order valence-electron chi connectivity index (χ3n) is 4.13. The number of aliphatic imine (C=N–C) groups is 1. The molecule has 1 aliphatic heterocycles. The minimum atomic E-state index is -0.258. The molecule has 0 fully saturated rings. The van der Waals surface area contributed by atoms with Crippen molar-refractivity contribution in [2.45, 2.75) is 0 Å². The Morgan fingerprint density at radius 3 is 2.52 bits per heavy atom. The Morgan fingerprint density at radius 1 is 1.07 bits per heavy atom. The summed E-state index contributed by atoms with van der Waals surface area (Å²) in [5.74, 6) is 1.46. The Balaban J connectivity index is 1.83. The molecular formula is C21H15ClN2O3. The Morgan fingerprint density at radius 2 is 1.85 bits per heavy atom. The molecule has 0 bridgehead atoms. The maximum Gasteiger partial charge on any atom is 0.282 e. The van der Waals surface area contributed by atoms with Crippen LogP contribution in [-0.4, -0.2) is 18.9 Å². The van der Waals surface area contributed by atoms with Crippen LogP contribution in [0.25, 0.3) is 6.08 Å². The van der Waals surface area contributed by atoms with Crippen LogP contribution in [0.2, 0.25) is 5.02 Å². The maximum atomic E-state index is 13.1. The molecule has 0 radical (unpaired) electrons. The normalized spacial score (nSPS) is 15.3. The molecule has 6 heteroatoms. The highest BCUT2D eigenvalue weighted by Gasteiger charge is 2.33. The molecule has 1 aromatic heterocycles. The van der Waals surface area contributed by atoms with E-state index in [2.05, 4.69) is 4.99 Å². The molecule has 0 unspecified atom stereocenters. The first kappa shape index (κ1) is 17.1. The molecule has 5 nitrogen and oxygen atoms in total. The molecule has 0 spiro atoms. The van der Waals surface area contributed by atoms with Crippen LogP contribution in [-0.2, 0) is 4.79 Å². The predicted octanol–water partition coefficient (Wildman–Crippen LogP) is 4.78. The molecule has 0 saturated carbocycles. The number of hydrogen-bond donors (Lipinski definition) is 0. The number of halogens is 1. The number of rotatable bonds is 4. The maximum absolute atomic E-state index is 13.1. The third kappa shape index (κ3) is 3.25. The Kier molecular flexibility index (Phi) is 4.52. The monoisotopic (exact) mass is 378 g/mol. The fourth-order valence-corrected chi connectivity index (χ4v) is 3.04. The first-order valence-corrected chi connectivity index (χ1v) is 8.62. The summed E-state index contributed by atoms with van der Waals surface area (Å²) >= 11 is 6.37. The van der Waals surface area contributed by atoms with Gasteiger partial charge in [-0.15, -0.1) is 0 Å². The van der Waals surface area contributed by atoms with Gasteiger partial charge in [0.2, 0.25) is 0 Å². The Hall–Kier alpha value is -3.31. The van der Waals surface area contributed by atoms with Gasteiger partial charge in [0.05, 0.1) is 24.1 Å². The SMILES string of the molecule is COc1ccc(N2C(=O)/C(=C\c3ccco3)N=C2c2ccccc2Cl)cc1. The number of methoxy groups -OCH3 is 1. The summed E-state index contributed by atoms with van der Waals surface area (Å²) in [4.78, 5) is 19.2. The van der Waals surface area contributed by atoms with E-state index < -0.39 is 0 Å². The van der Waals surface area contributed by atoms with Crippen LogP contribution in [0.4, 0.5) is 5.69 Å². The van der Waals surface area contributed by atoms with Gasteiger partial charge in [0, 0.05) is 11.6 Å². The second-order valence-corrected chi connectivity index (χ2v) is 6.21. The van der Waals surface area contributed by atoms with Crippen LogP contribution in [0.5, 0.6) is 5.75 Å². The van der Waals surface area contributed by atoms with E-state index in [1.165, 1.54) is 4.90 Å². The zero-order valence-corrected chi connectivity index (χ0v) is 15.2. The molecule has 0 atom stereocenters. The zero-order chi connectivity index (χ0) is 18.8. The number of amides is 1. The van der Waals surface area contributed by atoms with Gasteiger partial charge in [-0.1, -0.05) is 23.7 Å². The van der Waals surface area contributed by atoms with Crippen LogP contribution in [0.1, 0.15) is 11.3 Å². The summed E-state index contributed by atoms with van der Waals surface area (Å²) in [6.45, 7) is 0. The number of ether oxygens (including phenoxy) is 1. The van der Waals surface area contributed by atoms with Crippen molar-refractivity contribution < 1.29 is 13.9 Å². The van der Waals surface area contributed by atoms with Crippen molar-refractivity contribution >= 4 is 35.1 Å². The largest absolute Gasteiger partial charge is 0.497 e. The Labute approximate surface area is 161 Å². The summed E-state index contributed by atoms with van der Waals surface area (Å²) < 4.78 is 10.5. The van der Waals surface area contributed by atoms with Crippen molar-refractivity contribution in [2.24, 2.45) is 4.99 Å².